The van der Waals surface area contributed by atoms with E-state index in [1.54, 1.807) is 112 Å². The minimum atomic E-state index is -1.01. The van der Waals surface area contributed by atoms with E-state index in [1.807, 2.05) is 61.5 Å². The molecule has 6 rings (SSSR count). The molecule has 21 nitrogen and oxygen atoms in total. The lowest BCUT2D eigenvalue weighted by Crippen LogP contribution is -2.18. The van der Waals surface area contributed by atoms with E-state index in [2.05, 4.69) is 19.7 Å². The van der Waals surface area contributed by atoms with Crippen LogP contribution in [-0.2, 0) is 57.3 Å². The number of rotatable bonds is 23. The number of ether oxygens (including phenoxy) is 5. The summed E-state index contributed by atoms with van der Waals surface area (Å²) in [5.74, 6) is -3.12. The Bertz CT molecular complexity index is 2890. The molecule has 0 fully saturated rings. The average molecular weight is 1150 g/mol. The lowest BCUT2D eigenvalue weighted by atomic mass is 10.1. The Kier molecular flexibility index (Phi) is 34.1. The fraction of sp³-hybridized carbons (Fsp3) is 0.274. The maximum atomic E-state index is 10.8. The van der Waals surface area contributed by atoms with Crippen LogP contribution >= 0.6 is 0 Å². The van der Waals surface area contributed by atoms with Gasteiger partial charge in [0, 0.05) is 87.4 Å². The number of carbonyl (C=O) groups is 3. The molecule has 19 N–H and O–H groups in total. The molecular formula is C62H82N6O15. The normalized spacial score (nSPS) is 12.4. The number of benzene rings is 6. The number of carboxylic acids is 3. The van der Waals surface area contributed by atoms with Gasteiger partial charge in [0.1, 0.15) is 35.6 Å². The van der Waals surface area contributed by atoms with Gasteiger partial charge in [0.25, 0.3) is 0 Å². The van der Waals surface area contributed by atoms with Gasteiger partial charge in [0.15, 0.2) is 18.3 Å². The lowest BCUT2D eigenvalue weighted by Gasteiger charge is -2.15. The quantitative estimate of drug-likeness (QED) is 0.0210. The van der Waals surface area contributed by atoms with Crippen molar-refractivity contribution in [3.8, 4) is 0 Å². The highest BCUT2D eigenvalue weighted by molar-refractivity contribution is 5.75. The molecule has 0 amide bonds. The Hall–Kier alpha value is -9.09. The highest BCUT2D eigenvalue weighted by Gasteiger charge is 2.21. The highest BCUT2D eigenvalue weighted by atomic mass is 16.5. The van der Waals surface area contributed by atoms with Crippen molar-refractivity contribution in [2.75, 3.05) is 68.4 Å². The van der Waals surface area contributed by atoms with Gasteiger partial charge in [-0.25, -0.2) is 14.4 Å². The van der Waals surface area contributed by atoms with Crippen LogP contribution in [0.3, 0.4) is 0 Å². The van der Waals surface area contributed by atoms with E-state index in [0.29, 0.717) is 84.2 Å². The van der Waals surface area contributed by atoms with Gasteiger partial charge in [0.05, 0.1) is 0 Å². The third kappa shape index (κ3) is 29.3. The number of anilines is 6. The molecule has 6 aromatic rings. The zero-order valence-electron chi connectivity index (χ0n) is 47.5. The summed E-state index contributed by atoms with van der Waals surface area (Å²) < 4.78 is 25.4. The number of nitrogen functional groups attached to an aromatic ring is 6. The predicted molar refractivity (Wildman–Crippen MR) is 325 cm³/mol. The predicted octanol–water partition coefficient (Wildman–Crippen LogP) is 9.33. The first-order valence-electron chi connectivity index (χ1n) is 25.8. The van der Waals surface area contributed by atoms with E-state index in [4.69, 9.17) is 78.5 Å². The van der Waals surface area contributed by atoms with Gasteiger partial charge in [-0.05, 0) is 127 Å². The van der Waals surface area contributed by atoms with Crippen LogP contribution in [0.4, 0.5) is 34.1 Å². The summed E-state index contributed by atoms with van der Waals surface area (Å²) in [5, 5.41) is 63.2. The monoisotopic (exact) mass is 1150 g/mol. The number of carboxylic acid groups (broad SMARTS) is 3. The molecule has 0 aromatic heterocycles. The summed E-state index contributed by atoms with van der Waals surface area (Å²) in [6.45, 7) is 16.8. The fourth-order valence-corrected chi connectivity index (χ4v) is 7.07. The van der Waals surface area contributed by atoms with Crippen molar-refractivity contribution in [1.82, 2.24) is 0 Å². The van der Waals surface area contributed by atoms with E-state index >= 15 is 0 Å². The Morgan fingerprint density at radius 1 is 0.398 bits per heavy atom. The average Bonchev–Trinajstić information content (AvgIpc) is 3.49. The highest BCUT2D eigenvalue weighted by Crippen LogP contribution is 2.22. The Morgan fingerprint density at radius 2 is 0.759 bits per heavy atom. The van der Waals surface area contributed by atoms with Gasteiger partial charge < -0.3 is 93.8 Å². The first kappa shape index (κ1) is 71.9. The molecular weight excluding hydrogens is 1070 g/mol. The summed E-state index contributed by atoms with van der Waals surface area (Å²) in [6, 6.07) is 42.0. The number of hydrogen-bond donors (Lipinski definition) is 13. The summed E-state index contributed by atoms with van der Waals surface area (Å²) in [6.07, 6.45) is -2.83. The zero-order valence-corrected chi connectivity index (χ0v) is 47.5. The topological polar surface area (TPSA) is 395 Å². The standard InChI is InChI=1S/C12H17NO2.C11H15NO2.2C10H13NO3.C10H13NO2.C9H11NO3/c1-3-15-12(9(2)14)8-10-5-4-6-11(13)7-10;1-8(13)11(14-2)7-9-3-5-10(12)6-4-9;1-2-14-9(10(12)13)7-3-5-8(11)6-4-7;1-2-14-9(10(12)13)7-4-3-5-8(11)6-7;1-7(12)10(13)6-8-3-2-4-9(11)5-8;1-13-8(9(11)12)6-2-4-7(10)5-3-6/h4-7,12,14H,2-3,8,13H2,1H3;3-6,11,13H,1,7,12H2,2H3;2*3-6,9H,2,11H2,1H3,(H,12,13);2-5,10,12-13H,1,6,11H2;2-5,8H,10H2,1H3,(H,11,12). The number of aliphatic hydroxyl groups is 4. The van der Waals surface area contributed by atoms with Gasteiger partial charge in [-0.2, -0.15) is 0 Å². The summed E-state index contributed by atoms with van der Waals surface area (Å²) in [4.78, 5) is 32.3. The molecule has 21 heteroatoms. The minimum absolute atomic E-state index is 0.0457. The molecule has 0 saturated heterocycles. The molecule has 83 heavy (non-hydrogen) atoms. The molecule has 6 aromatic carbocycles. The maximum absolute atomic E-state index is 10.8. The van der Waals surface area contributed by atoms with Gasteiger partial charge in [-0.3, -0.25) is 0 Å². The van der Waals surface area contributed by atoms with Crippen LogP contribution in [0.25, 0.3) is 0 Å². The molecule has 450 valence electrons. The van der Waals surface area contributed by atoms with E-state index in [1.165, 1.54) is 7.11 Å². The van der Waals surface area contributed by atoms with Crippen molar-refractivity contribution in [2.24, 2.45) is 0 Å². The largest absolute Gasteiger partial charge is 0.510 e. The molecule has 6 atom stereocenters. The molecule has 0 spiro atoms. The first-order valence-corrected chi connectivity index (χ1v) is 25.8. The molecule has 0 aliphatic heterocycles. The van der Waals surface area contributed by atoms with Gasteiger partial charge in [-0.15, -0.1) is 0 Å². The Morgan fingerprint density at radius 3 is 1.11 bits per heavy atom. The Balaban J connectivity index is 0.000000498. The van der Waals surface area contributed by atoms with Crippen LogP contribution in [0, 0.1) is 0 Å². The van der Waals surface area contributed by atoms with Crippen LogP contribution in [-0.4, -0.2) is 106 Å². The van der Waals surface area contributed by atoms with Crippen LogP contribution in [0.1, 0.15) is 72.5 Å². The second-order valence-corrected chi connectivity index (χ2v) is 17.8. The van der Waals surface area contributed by atoms with Gasteiger partial charge >= 0.3 is 17.9 Å². The molecule has 0 saturated carbocycles. The maximum Gasteiger partial charge on any atom is 0.337 e. The second-order valence-electron chi connectivity index (χ2n) is 17.8. The van der Waals surface area contributed by atoms with Crippen molar-refractivity contribution in [2.45, 2.75) is 76.7 Å². The molecule has 6 unspecified atom stereocenters. The summed E-state index contributed by atoms with van der Waals surface area (Å²) in [5.41, 5.74) is 41.8. The van der Waals surface area contributed by atoms with Crippen molar-refractivity contribution < 1.29 is 73.8 Å². The van der Waals surface area contributed by atoms with Crippen LogP contribution in [0.5, 0.6) is 0 Å². The van der Waals surface area contributed by atoms with E-state index in [0.717, 1.165) is 22.4 Å². The van der Waals surface area contributed by atoms with Crippen LogP contribution in [0.2, 0.25) is 0 Å². The van der Waals surface area contributed by atoms with Crippen LogP contribution in [0.15, 0.2) is 183 Å². The van der Waals surface area contributed by atoms with Crippen molar-refractivity contribution in [3.05, 3.63) is 216 Å². The van der Waals surface area contributed by atoms with Crippen molar-refractivity contribution in [1.29, 1.82) is 0 Å². The van der Waals surface area contributed by atoms with E-state index in [9.17, 15) is 29.7 Å². The van der Waals surface area contributed by atoms with E-state index in [-0.39, 0.29) is 29.5 Å². The SMILES string of the molecule is C=C(O)C(Cc1ccc(N)cc1)OC.C=C(O)C(Cc1cccc(N)c1)OCC.C=C(O)C(O)Cc1cccc(N)c1.CCOC(C(=O)O)c1ccc(N)cc1.CCOC(C(=O)O)c1cccc(N)c1.COC(C(=O)O)c1ccc(N)cc1. The third-order valence-electron chi connectivity index (χ3n) is 11.2. The van der Waals surface area contributed by atoms with Crippen molar-refractivity contribution >= 4 is 52.0 Å². The number of aliphatic hydroxyl groups excluding tert-OH is 4. The fourth-order valence-electron chi connectivity index (χ4n) is 7.07. The van der Waals surface area contributed by atoms with E-state index < -0.39 is 42.3 Å². The zero-order chi connectivity index (χ0) is 62.6. The van der Waals surface area contributed by atoms with Gasteiger partial charge in [0.2, 0.25) is 0 Å². The van der Waals surface area contributed by atoms with Crippen LogP contribution < -0.4 is 34.4 Å². The molecule has 0 aliphatic rings. The minimum Gasteiger partial charge on any atom is -0.510 e. The third-order valence-corrected chi connectivity index (χ3v) is 11.2. The number of methoxy groups -OCH3 is 2. The number of nitrogens with two attached hydrogens (primary N) is 6. The number of hydrogen-bond acceptors (Lipinski definition) is 18. The Labute approximate surface area is 485 Å². The lowest BCUT2D eigenvalue weighted by molar-refractivity contribution is -0.151. The summed E-state index contributed by atoms with van der Waals surface area (Å²) >= 11 is 0. The number of aliphatic carboxylic acids is 3. The molecule has 0 bridgehead atoms. The molecule has 0 radical (unpaired) electrons. The first-order chi connectivity index (χ1) is 39.3. The van der Waals surface area contributed by atoms with Crippen molar-refractivity contribution in [3.63, 3.8) is 0 Å². The van der Waals surface area contributed by atoms with Gasteiger partial charge in [-0.1, -0.05) is 92.5 Å². The summed E-state index contributed by atoms with van der Waals surface area (Å²) in [7, 11) is 2.90. The molecule has 0 heterocycles. The smallest absolute Gasteiger partial charge is 0.337 e. The molecule has 0 aliphatic carbocycles. The second kappa shape index (κ2) is 39.3.